The molecule has 0 aliphatic rings. The van der Waals surface area contributed by atoms with Crippen LogP contribution in [0.3, 0.4) is 0 Å². The average Bonchev–Trinajstić information content (AvgIpc) is 2.78. The highest BCUT2D eigenvalue weighted by Gasteiger charge is 2.02. The number of benzene rings is 1. The highest BCUT2D eigenvalue weighted by atomic mass is 16.5. The third-order valence-electron chi connectivity index (χ3n) is 2.54. The predicted octanol–water partition coefficient (Wildman–Crippen LogP) is 3.43. The van der Waals surface area contributed by atoms with E-state index in [0.717, 1.165) is 23.9 Å². The molecule has 0 spiro atoms. The minimum Gasteiger partial charge on any atom is -0.491 e. The number of aromatic nitrogens is 2. The zero-order chi connectivity index (χ0) is 13.0. The summed E-state index contributed by atoms with van der Waals surface area (Å²) in [6.07, 6.45) is 3.95. The van der Waals surface area contributed by atoms with Gasteiger partial charge in [-0.3, -0.25) is 0 Å². The Morgan fingerprint density at radius 2 is 2.00 bits per heavy atom. The summed E-state index contributed by atoms with van der Waals surface area (Å²) >= 11 is 0. The van der Waals surface area contributed by atoms with Gasteiger partial charge in [-0.05, 0) is 45.0 Å². The number of aryl methyl sites for hydroxylation is 1. The fraction of sp³-hybridized carbons (Fsp3) is 0.357. The zero-order valence-electron chi connectivity index (χ0n) is 11.1. The van der Waals surface area contributed by atoms with E-state index < -0.39 is 0 Å². The van der Waals surface area contributed by atoms with Crippen LogP contribution in [0.25, 0.3) is 0 Å². The van der Waals surface area contributed by atoms with Gasteiger partial charge in [-0.1, -0.05) is 0 Å². The Bertz CT molecular complexity index is 488. The largest absolute Gasteiger partial charge is 0.491 e. The molecule has 0 unspecified atom stereocenters. The van der Waals surface area contributed by atoms with Crippen molar-refractivity contribution in [1.82, 2.24) is 9.55 Å². The number of imidazole rings is 1. The number of rotatable bonds is 5. The standard InChI is InChI=1S/C14H19N3O/c1-4-17-10-9-15-14(17)16-12-5-7-13(8-6-12)18-11(2)3/h5-11H,4H2,1-3H3,(H,15,16). The molecule has 0 saturated carbocycles. The Morgan fingerprint density at radius 3 is 2.61 bits per heavy atom. The lowest BCUT2D eigenvalue weighted by Crippen LogP contribution is -2.05. The predicted molar refractivity (Wildman–Crippen MR) is 73.4 cm³/mol. The Hall–Kier alpha value is -1.97. The van der Waals surface area contributed by atoms with Gasteiger partial charge < -0.3 is 14.6 Å². The number of hydrogen-bond donors (Lipinski definition) is 1. The van der Waals surface area contributed by atoms with Crippen LogP contribution in [-0.2, 0) is 6.54 Å². The van der Waals surface area contributed by atoms with E-state index in [1.807, 2.05) is 44.3 Å². The van der Waals surface area contributed by atoms with Gasteiger partial charge in [0, 0.05) is 24.6 Å². The number of nitrogens with one attached hydrogen (secondary N) is 1. The lowest BCUT2D eigenvalue weighted by atomic mass is 10.3. The molecule has 0 saturated heterocycles. The highest BCUT2D eigenvalue weighted by Crippen LogP contribution is 2.19. The lowest BCUT2D eigenvalue weighted by Gasteiger charge is -2.11. The maximum atomic E-state index is 5.60. The second-order valence-corrected chi connectivity index (χ2v) is 4.35. The lowest BCUT2D eigenvalue weighted by molar-refractivity contribution is 0.242. The summed E-state index contributed by atoms with van der Waals surface area (Å²) in [5, 5.41) is 3.28. The van der Waals surface area contributed by atoms with Crippen molar-refractivity contribution in [3.8, 4) is 5.75 Å². The third-order valence-corrected chi connectivity index (χ3v) is 2.54. The molecule has 0 aliphatic heterocycles. The SMILES string of the molecule is CCn1ccnc1Nc1ccc(OC(C)C)cc1. The van der Waals surface area contributed by atoms with Crippen molar-refractivity contribution in [1.29, 1.82) is 0 Å². The van der Waals surface area contributed by atoms with Crippen molar-refractivity contribution in [2.24, 2.45) is 0 Å². The van der Waals surface area contributed by atoms with Crippen LogP contribution in [0.2, 0.25) is 0 Å². The van der Waals surface area contributed by atoms with E-state index >= 15 is 0 Å². The molecule has 2 rings (SSSR count). The van der Waals surface area contributed by atoms with Crippen molar-refractivity contribution in [2.75, 3.05) is 5.32 Å². The number of ether oxygens (including phenoxy) is 1. The minimum atomic E-state index is 0.197. The summed E-state index contributed by atoms with van der Waals surface area (Å²) in [7, 11) is 0. The van der Waals surface area contributed by atoms with Crippen LogP contribution < -0.4 is 10.1 Å². The van der Waals surface area contributed by atoms with Crippen LogP contribution in [0, 0.1) is 0 Å². The topological polar surface area (TPSA) is 39.1 Å². The smallest absolute Gasteiger partial charge is 0.207 e. The van der Waals surface area contributed by atoms with Crippen LogP contribution >= 0.6 is 0 Å². The molecule has 0 fully saturated rings. The Kier molecular flexibility index (Phi) is 3.87. The number of anilines is 2. The first-order valence-corrected chi connectivity index (χ1v) is 6.24. The van der Waals surface area contributed by atoms with Gasteiger partial charge in [0.2, 0.25) is 5.95 Å². The van der Waals surface area contributed by atoms with Crippen LogP contribution in [0.1, 0.15) is 20.8 Å². The molecule has 0 amide bonds. The molecule has 0 atom stereocenters. The Balaban J connectivity index is 2.06. The van der Waals surface area contributed by atoms with Crippen LogP contribution in [-0.4, -0.2) is 15.7 Å². The first-order chi connectivity index (χ1) is 8.69. The van der Waals surface area contributed by atoms with Crippen LogP contribution in [0.5, 0.6) is 5.75 Å². The van der Waals surface area contributed by atoms with Crippen molar-refractivity contribution in [3.63, 3.8) is 0 Å². The van der Waals surface area contributed by atoms with Gasteiger partial charge in [0.1, 0.15) is 5.75 Å². The van der Waals surface area contributed by atoms with E-state index in [1.165, 1.54) is 0 Å². The van der Waals surface area contributed by atoms with Crippen molar-refractivity contribution in [2.45, 2.75) is 33.4 Å². The van der Waals surface area contributed by atoms with Crippen LogP contribution in [0.4, 0.5) is 11.6 Å². The molecule has 0 radical (unpaired) electrons. The fourth-order valence-electron chi connectivity index (χ4n) is 1.71. The monoisotopic (exact) mass is 245 g/mol. The second-order valence-electron chi connectivity index (χ2n) is 4.35. The molecule has 1 aromatic heterocycles. The average molecular weight is 245 g/mol. The number of hydrogen-bond acceptors (Lipinski definition) is 3. The summed E-state index contributed by atoms with van der Waals surface area (Å²) < 4.78 is 7.65. The van der Waals surface area contributed by atoms with Gasteiger partial charge in [0.25, 0.3) is 0 Å². The first kappa shape index (κ1) is 12.5. The molecule has 2 aromatic rings. The molecule has 0 bridgehead atoms. The molecule has 1 N–H and O–H groups in total. The molecular weight excluding hydrogens is 226 g/mol. The minimum absolute atomic E-state index is 0.197. The molecule has 1 aromatic carbocycles. The van der Waals surface area contributed by atoms with Crippen molar-refractivity contribution >= 4 is 11.6 Å². The molecule has 4 nitrogen and oxygen atoms in total. The van der Waals surface area contributed by atoms with Gasteiger partial charge in [0.15, 0.2) is 0 Å². The van der Waals surface area contributed by atoms with E-state index in [0.29, 0.717) is 0 Å². The summed E-state index contributed by atoms with van der Waals surface area (Å²) in [6.45, 7) is 7.03. The maximum absolute atomic E-state index is 5.60. The molecule has 4 heteroatoms. The summed E-state index contributed by atoms with van der Waals surface area (Å²) in [5.74, 6) is 1.74. The van der Waals surface area contributed by atoms with Gasteiger partial charge >= 0.3 is 0 Å². The third kappa shape index (κ3) is 3.03. The van der Waals surface area contributed by atoms with E-state index in [9.17, 15) is 0 Å². The summed E-state index contributed by atoms with van der Waals surface area (Å²) in [6, 6.07) is 7.90. The summed E-state index contributed by atoms with van der Waals surface area (Å²) in [4.78, 5) is 4.27. The van der Waals surface area contributed by atoms with E-state index in [2.05, 4.69) is 21.8 Å². The van der Waals surface area contributed by atoms with Crippen LogP contribution in [0.15, 0.2) is 36.7 Å². The second kappa shape index (κ2) is 5.58. The van der Waals surface area contributed by atoms with Gasteiger partial charge in [-0.15, -0.1) is 0 Å². The zero-order valence-corrected chi connectivity index (χ0v) is 11.1. The summed E-state index contributed by atoms with van der Waals surface area (Å²) in [5.41, 5.74) is 1.01. The van der Waals surface area contributed by atoms with E-state index in [-0.39, 0.29) is 6.10 Å². The molecule has 1 heterocycles. The van der Waals surface area contributed by atoms with Gasteiger partial charge in [-0.25, -0.2) is 4.98 Å². The molecular formula is C14H19N3O. The fourth-order valence-corrected chi connectivity index (χ4v) is 1.71. The Labute approximate surface area is 108 Å². The van der Waals surface area contributed by atoms with Gasteiger partial charge in [0.05, 0.1) is 6.10 Å². The number of nitrogens with zero attached hydrogens (tertiary/aromatic N) is 2. The molecule has 0 aliphatic carbocycles. The van der Waals surface area contributed by atoms with Crippen molar-refractivity contribution in [3.05, 3.63) is 36.7 Å². The highest BCUT2D eigenvalue weighted by molar-refractivity contribution is 5.54. The Morgan fingerprint density at radius 1 is 1.28 bits per heavy atom. The quantitative estimate of drug-likeness (QED) is 0.877. The van der Waals surface area contributed by atoms with E-state index in [1.54, 1.807) is 6.20 Å². The van der Waals surface area contributed by atoms with Crippen molar-refractivity contribution < 1.29 is 4.74 Å². The van der Waals surface area contributed by atoms with Gasteiger partial charge in [-0.2, -0.15) is 0 Å². The van der Waals surface area contributed by atoms with E-state index in [4.69, 9.17) is 4.74 Å². The maximum Gasteiger partial charge on any atom is 0.207 e. The molecule has 18 heavy (non-hydrogen) atoms. The molecule has 96 valence electrons. The normalized spacial score (nSPS) is 10.7. The first-order valence-electron chi connectivity index (χ1n) is 6.24.